The Morgan fingerprint density at radius 2 is 1.97 bits per heavy atom. The minimum absolute atomic E-state index is 0.0312. The molecule has 1 spiro atoms. The summed E-state index contributed by atoms with van der Waals surface area (Å²) in [6.07, 6.45) is 5.12. The van der Waals surface area contributed by atoms with Gasteiger partial charge in [-0.15, -0.1) is 0 Å². The van der Waals surface area contributed by atoms with Gasteiger partial charge in [0.2, 0.25) is 17.4 Å². The summed E-state index contributed by atoms with van der Waals surface area (Å²) >= 11 is 0. The van der Waals surface area contributed by atoms with E-state index in [2.05, 4.69) is 15.6 Å². The Kier molecular flexibility index (Phi) is 6.97. The van der Waals surface area contributed by atoms with Gasteiger partial charge in [0, 0.05) is 25.2 Å². The van der Waals surface area contributed by atoms with Crippen molar-refractivity contribution in [1.82, 2.24) is 20.1 Å². The summed E-state index contributed by atoms with van der Waals surface area (Å²) in [7, 11) is 1.26. The van der Waals surface area contributed by atoms with Crippen LogP contribution in [-0.2, 0) is 19.1 Å². The number of ether oxygens (including phenoxy) is 2. The molecular formula is C28H39N5O6. The number of nitrogens with one attached hydrogen (secondary N) is 2. The first kappa shape index (κ1) is 27.2. The van der Waals surface area contributed by atoms with E-state index in [-0.39, 0.29) is 42.1 Å². The second kappa shape index (κ2) is 9.98. The van der Waals surface area contributed by atoms with E-state index in [0.29, 0.717) is 24.5 Å². The van der Waals surface area contributed by atoms with Gasteiger partial charge in [0.25, 0.3) is 5.91 Å². The molecule has 0 unspecified atom stereocenters. The fourth-order valence-electron chi connectivity index (χ4n) is 6.84. The van der Waals surface area contributed by atoms with Crippen molar-refractivity contribution >= 4 is 29.6 Å². The minimum Gasteiger partial charge on any atom is -0.472 e. The highest BCUT2D eigenvalue weighted by Crippen LogP contribution is 2.44. The normalized spacial score (nSPS) is 30.6. The molecule has 5 rings (SSSR count). The molecule has 1 aromatic heterocycles. The molecule has 0 bridgehead atoms. The number of amides is 4. The van der Waals surface area contributed by atoms with Crippen LogP contribution in [0.3, 0.4) is 0 Å². The van der Waals surface area contributed by atoms with Gasteiger partial charge in [-0.05, 0) is 49.1 Å². The second-order valence-electron chi connectivity index (χ2n) is 12.5. The molecule has 4 heterocycles. The minimum atomic E-state index is -1.22. The molecule has 212 valence electrons. The lowest BCUT2D eigenvalue weighted by Gasteiger charge is -2.38. The maximum absolute atomic E-state index is 14.4. The molecule has 4 aliphatic rings. The lowest BCUT2D eigenvalue weighted by molar-refractivity contribution is -0.148. The zero-order chi connectivity index (χ0) is 28.1. The van der Waals surface area contributed by atoms with Crippen LogP contribution in [0.4, 0.5) is 10.6 Å². The molecule has 1 aliphatic carbocycles. The van der Waals surface area contributed by atoms with Crippen molar-refractivity contribution in [2.45, 2.75) is 83.5 Å². The first-order valence-corrected chi connectivity index (χ1v) is 13.9. The average molecular weight is 542 g/mol. The zero-order valence-corrected chi connectivity index (χ0v) is 23.4. The van der Waals surface area contributed by atoms with Gasteiger partial charge in [0.1, 0.15) is 12.1 Å². The molecule has 0 radical (unpaired) electrons. The summed E-state index contributed by atoms with van der Waals surface area (Å²) in [4.78, 5) is 61.4. The molecule has 3 fully saturated rings. The van der Waals surface area contributed by atoms with Gasteiger partial charge in [0.15, 0.2) is 11.6 Å². The highest BCUT2D eigenvalue weighted by molar-refractivity contribution is 6.01. The standard InChI is InChI=1S/C28H39N5O6/c1-16-13-28(25(36)31-22-19(39-28)11-8-12-29-22)15-33(16)23(34)20-18-10-7-6-9-17(18)14-32(20)24(35)21(27(2,3)4)30-26(37)38-5/h8,11-12,16-18,20-21H,6-7,9-10,13-15H2,1-5H3,(H,30,37)(H,29,31,36)/t16-,17+,18+,20+,21-,28-/m1/s1. The third-order valence-electron chi connectivity index (χ3n) is 8.82. The van der Waals surface area contributed by atoms with Gasteiger partial charge in [-0.1, -0.05) is 33.6 Å². The number of pyridine rings is 1. The molecule has 3 aliphatic heterocycles. The van der Waals surface area contributed by atoms with Gasteiger partial charge in [-0.25, -0.2) is 9.78 Å². The number of alkyl carbamates (subject to hydrolysis) is 1. The van der Waals surface area contributed by atoms with Crippen molar-refractivity contribution in [3.05, 3.63) is 18.3 Å². The van der Waals surface area contributed by atoms with Crippen LogP contribution in [-0.4, -0.2) is 82.5 Å². The topological polar surface area (TPSA) is 130 Å². The van der Waals surface area contributed by atoms with Gasteiger partial charge in [0.05, 0.1) is 13.7 Å². The molecule has 11 heteroatoms. The number of anilines is 1. The molecule has 11 nitrogen and oxygen atoms in total. The monoisotopic (exact) mass is 541 g/mol. The number of hydrogen-bond donors (Lipinski definition) is 2. The highest BCUT2D eigenvalue weighted by Gasteiger charge is 2.58. The van der Waals surface area contributed by atoms with E-state index in [9.17, 15) is 19.2 Å². The number of hydrogen-bond acceptors (Lipinski definition) is 7. The lowest BCUT2D eigenvalue weighted by Crippen LogP contribution is -2.59. The number of carbonyl (C=O) groups is 4. The van der Waals surface area contributed by atoms with Crippen LogP contribution in [0.25, 0.3) is 0 Å². The molecule has 4 amide bonds. The fraction of sp³-hybridized carbons (Fsp3) is 0.679. The number of nitrogens with zero attached hydrogens (tertiary/aromatic N) is 3. The first-order valence-electron chi connectivity index (χ1n) is 13.9. The second-order valence-corrected chi connectivity index (χ2v) is 12.5. The largest absolute Gasteiger partial charge is 0.472 e. The molecule has 1 aromatic rings. The van der Waals surface area contributed by atoms with Gasteiger partial charge < -0.3 is 29.9 Å². The Hall–Kier alpha value is -3.37. The summed E-state index contributed by atoms with van der Waals surface area (Å²) in [6.45, 7) is 8.11. The number of fused-ring (bicyclic) bond motifs is 2. The van der Waals surface area contributed by atoms with Gasteiger partial charge in [-0.2, -0.15) is 0 Å². The van der Waals surface area contributed by atoms with Crippen molar-refractivity contribution in [2.24, 2.45) is 17.3 Å². The van der Waals surface area contributed by atoms with Crippen molar-refractivity contribution in [3.63, 3.8) is 0 Å². The van der Waals surface area contributed by atoms with Crippen molar-refractivity contribution in [3.8, 4) is 5.75 Å². The van der Waals surface area contributed by atoms with Gasteiger partial charge >= 0.3 is 6.09 Å². The van der Waals surface area contributed by atoms with Crippen molar-refractivity contribution < 1.29 is 28.7 Å². The van der Waals surface area contributed by atoms with Crippen LogP contribution >= 0.6 is 0 Å². The maximum atomic E-state index is 14.4. The number of likely N-dealkylation sites (tertiary alicyclic amines) is 2. The molecule has 2 saturated heterocycles. The number of carbonyl (C=O) groups excluding carboxylic acids is 4. The Balaban J connectivity index is 1.43. The fourth-order valence-corrected chi connectivity index (χ4v) is 6.84. The van der Waals surface area contributed by atoms with E-state index in [1.54, 1.807) is 28.1 Å². The number of methoxy groups -OCH3 is 1. The molecule has 1 saturated carbocycles. The number of rotatable bonds is 3. The van der Waals surface area contributed by atoms with E-state index in [0.717, 1.165) is 25.7 Å². The van der Waals surface area contributed by atoms with E-state index < -0.39 is 29.2 Å². The maximum Gasteiger partial charge on any atom is 0.407 e. The van der Waals surface area contributed by atoms with E-state index >= 15 is 0 Å². The molecule has 2 N–H and O–H groups in total. The van der Waals surface area contributed by atoms with Crippen LogP contribution < -0.4 is 15.4 Å². The van der Waals surface area contributed by atoms with Crippen molar-refractivity contribution in [1.29, 1.82) is 0 Å². The van der Waals surface area contributed by atoms with Crippen molar-refractivity contribution in [2.75, 3.05) is 25.5 Å². The summed E-state index contributed by atoms with van der Waals surface area (Å²) in [5, 5.41) is 5.55. The van der Waals surface area contributed by atoms with Gasteiger partial charge in [-0.3, -0.25) is 14.4 Å². The zero-order valence-electron chi connectivity index (χ0n) is 23.4. The third-order valence-corrected chi connectivity index (χ3v) is 8.82. The molecule has 0 aromatic carbocycles. The highest BCUT2D eigenvalue weighted by atomic mass is 16.5. The summed E-state index contributed by atoms with van der Waals surface area (Å²) in [6, 6.07) is 1.70. The van der Waals surface area contributed by atoms with Crippen LogP contribution in [0.5, 0.6) is 5.75 Å². The van der Waals surface area contributed by atoms with Crippen LogP contribution in [0.1, 0.15) is 59.8 Å². The summed E-state index contributed by atoms with van der Waals surface area (Å²) in [5.41, 5.74) is -1.82. The predicted molar refractivity (Wildman–Crippen MR) is 142 cm³/mol. The number of aromatic nitrogens is 1. The van der Waals surface area contributed by atoms with Crippen LogP contribution in [0.15, 0.2) is 18.3 Å². The Morgan fingerprint density at radius 1 is 1.23 bits per heavy atom. The molecule has 6 atom stereocenters. The Morgan fingerprint density at radius 3 is 2.69 bits per heavy atom. The summed E-state index contributed by atoms with van der Waals surface area (Å²) in [5.74, 6) is 0.328. The van der Waals surface area contributed by atoms with Crippen LogP contribution in [0.2, 0.25) is 0 Å². The lowest BCUT2D eigenvalue weighted by atomic mass is 9.78. The third kappa shape index (κ3) is 4.80. The quantitative estimate of drug-likeness (QED) is 0.602. The Bertz CT molecular complexity index is 1170. The Labute approximate surface area is 229 Å². The predicted octanol–water partition coefficient (Wildman–Crippen LogP) is 2.56. The first-order chi connectivity index (χ1) is 18.4. The van der Waals surface area contributed by atoms with E-state index in [1.165, 1.54) is 7.11 Å². The SMILES string of the molecule is COC(=O)N[C@H](C(=O)N1C[C@@H]2CCCC[C@@H]2[C@H]1C(=O)N1C[C@@]2(C[C@H]1C)Oc1cccnc1NC2=O)C(C)(C)C. The van der Waals surface area contributed by atoms with E-state index in [4.69, 9.17) is 9.47 Å². The van der Waals surface area contributed by atoms with Crippen LogP contribution in [0, 0.1) is 17.3 Å². The van der Waals surface area contributed by atoms with E-state index in [1.807, 2.05) is 27.7 Å². The average Bonchev–Trinajstić information content (AvgIpc) is 3.44. The molecule has 39 heavy (non-hydrogen) atoms. The smallest absolute Gasteiger partial charge is 0.407 e. The molecular weight excluding hydrogens is 502 g/mol. The summed E-state index contributed by atoms with van der Waals surface area (Å²) < 4.78 is 11.0.